The summed E-state index contributed by atoms with van der Waals surface area (Å²) in [6.07, 6.45) is 10.9. The fourth-order valence-corrected chi connectivity index (χ4v) is 3.65. The quantitative estimate of drug-likeness (QED) is 0.747. The fourth-order valence-electron chi connectivity index (χ4n) is 3.65. The number of hydrogen-bond donors (Lipinski definition) is 0. The molecule has 2 amide bonds. The summed E-state index contributed by atoms with van der Waals surface area (Å²) in [5.74, 6) is 0.518. The first-order chi connectivity index (χ1) is 11.2. The summed E-state index contributed by atoms with van der Waals surface area (Å²) in [5, 5.41) is 0. The highest BCUT2D eigenvalue weighted by atomic mass is 16.2. The van der Waals surface area contributed by atoms with Crippen molar-refractivity contribution < 1.29 is 14.4 Å². The average molecular weight is 322 g/mol. The van der Waals surface area contributed by atoms with Crippen LogP contribution in [0.5, 0.6) is 0 Å². The Morgan fingerprint density at radius 1 is 0.826 bits per heavy atom. The van der Waals surface area contributed by atoms with Gasteiger partial charge in [0.2, 0.25) is 11.8 Å². The van der Waals surface area contributed by atoms with Gasteiger partial charge in [0.15, 0.2) is 0 Å². The zero-order valence-electron chi connectivity index (χ0n) is 14.2. The second-order valence-electron chi connectivity index (χ2n) is 6.81. The Bertz CT molecular complexity index is 393. The third kappa shape index (κ3) is 5.63. The molecule has 0 bridgehead atoms. The Morgan fingerprint density at radius 3 is 1.91 bits per heavy atom. The molecule has 0 aromatic carbocycles. The van der Waals surface area contributed by atoms with Gasteiger partial charge in [0, 0.05) is 44.9 Å². The SMILES string of the molecule is O=CCCC(=O)N1CCN(C(=O)C2CCCCCCCC2)CC1. The van der Waals surface area contributed by atoms with Crippen molar-refractivity contribution in [1.82, 2.24) is 9.80 Å². The highest BCUT2D eigenvalue weighted by Crippen LogP contribution is 2.24. The van der Waals surface area contributed by atoms with Gasteiger partial charge < -0.3 is 14.6 Å². The summed E-state index contributed by atoms with van der Waals surface area (Å²) in [6.45, 7) is 2.50. The molecule has 23 heavy (non-hydrogen) atoms. The number of aldehydes is 1. The monoisotopic (exact) mass is 322 g/mol. The third-order valence-corrected chi connectivity index (χ3v) is 5.12. The van der Waals surface area contributed by atoms with Gasteiger partial charge in [-0.3, -0.25) is 9.59 Å². The minimum atomic E-state index is 0.0339. The Hall–Kier alpha value is -1.39. The summed E-state index contributed by atoms with van der Waals surface area (Å²) < 4.78 is 0. The molecule has 2 aliphatic rings. The second kappa shape index (κ2) is 9.68. The van der Waals surface area contributed by atoms with Crippen LogP contribution in [0.1, 0.15) is 64.2 Å². The van der Waals surface area contributed by atoms with Gasteiger partial charge >= 0.3 is 0 Å². The van der Waals surface area contributed by atoms with E-state index in [0.717, 1.165) is 19.1 Å². The number of piperazine rings is 1. The van der Waals surface area contributed by atoms with Crippen LogP contribution >= 0.6 is 0 Å². The first-order valence-electron chi connectivity index (χ1n) is 9.22. The van der Waals surface area contributed by atoms with Crippen molar-refractivity contribution in [1.29, 1.82) is 0 Å². The van der Waals surface area contributed by atoms with Gasteiger partial charge in [0.05, 0.1) is 0 Å². The molecule has 0 unspecified atom stereocenters. The summed E-state index contributed by atoms with van der Waals surface area (Å²) in [5.41, 5.74) is 0. The lowest BCUT2D eigenvalue weighted by Gasteiger charge is -2.36. The van der Waals surface area contributed by atoms with E-state index in [1.165, 1.54) is 38.5 Å². The van der Waals surface area contributed by atoms with Crippen molar-refractivity contribution in [3.8, 4) is 0 Å². The number of amides is 2. The molecule has 130 valence electrons. The van der Waals surface area contributed by atoms with Gasteiger partial charge in [0.25, 0.3) is 0 Å². The van der Waals surface area contributed by atoms with E-state index in [1.54, 1.807) is 4.90 Å². The van der Waals surface area contributed by atoms with Crippen molar-refractivity contribution in [3.05, 3.63) is 0 Å². The van der Waals surface area contributed by atoms with Crippen LogP contribution in [-0.2, 0) is 14.4 Å². The molecule has 1 aliphatic carbocycles. The molecule has 1 saturated heterocycles. The fraction of sp³-hybridized carbons (Fsp3) is 0.833. The summed E-state index contributed by atoms with van der Waals surface area (Å²) in [7, 11) is 0. The number of nitrogens with zero attached hydrogens (tertiary/aromatic N) is 2. The van der Waals surface area contributed by atoms with Crippen LogP contribution in [0.4, 0.5) is 0 Å². The Kier molecular flexibility index (Phi) is 7.56. The van der Waals surface area contributed by atoms with Crippen molar-refractivity contribution in [2.45, 2.75) is 64.2 Å². The molecule has 5 nitrogen and oxygen atoms in total. The largest absolute Gasteiger partial charge is 0.339 e. The molecule has 0 aromatic rings. The minimum absolute atomic E-state index is 0.0339. The molecule has 0 spiro atoms. The molecule has 2 fully saturated rings. The molecule has 2 rings (SSSR count). The van der Waals surface area contributed by atoms with Crippen LogP contribution in [-0.4, -0.2) is 54.1 Å². The van der Waals surface area contributed by atoms with E-state index in [9.17, 15) is 14.4 Å². The first kappa shape index (κ1) is 18.0. The van der Waals surface area contributed by atoms with Crippen LogP contribution in [0.3, 0.4) is 0 Å². The van der Waals surface area contributed by atoms with Gasteiger partial charge in [-0.15, -0.1) is 0 Å². The van der Waals surface area contributed by atoms with Crippen molar-refractivity contribution in [3.63, 3.8) is 0 Å². The molecule has 0 aromatic heterocycles. The van der Waals surface area contributed by atoms with Crippen LogP contribution < -0.4 is 0 Å². The van der Waals surface area contributed by atoms with Gasteiger partial charge in [-0.25, -0.2) is 0 Å². The molecule has 1 saturated carbocycles. The third-order valence-electron chi connectivity index (χ3n) is 5.12. The zero-order valence-corrected chi connectivity index (χ0v) is 14.2. The molecule has 1 aliphatic heterocycles. The number of carbonyl (C=O) groups is 3. The van der Waals surface area contributed by atoms with Crippen molar-refractivity contribution in [2.24, 2.45) is 5.92 Å². The maximum atomic E-state index is 12.8. The lowest BCUT2D eigenvalue weighted by atomic mass is 9.95. The highest BCUT2D eigenvalue weighted by molar-refractivity contribution is 5.80. The first-order valence-corrected chi connectivity index (χ1v) is 9.22. The standard InChI is InChI=1S/C18H30N2O3/c21-15-7-10-17(22)19-11-13-20(14-12-19)18(23)16-8-5-3-1-2-4-6-9-16/h15-16H,1-14H2. The van der Waals surface area contributed by atoms with Crippen LogP contribution in [0.2, 0.25) is 0 Å². The maximum absolute atomic E-state index is 12.8. The van der Waals surface area contributed by atoms with Crippen molar-refractivity contribution >= 4 is 18.1 Å². The van der Waals surface area contributed by atoms with E-state index < -0.39 is 0 Å². The molecule has 5 heteroatoms. The minimum Gasteiger partial charge on any atom is -0.339 e. The van der Waals surface area contributed by atoms with Crippen LogP contribution in [0, 0.1) is 5.92 Å². The summed E-state index contributed by atoms with van der Waals surface area (Å²) in [4.78, 5) is 38.8. The van der Waals surface area contributed by atoms with Crippen LogP contribution in [0.25, 0.3) is 0 Å². The van der Waals surface area contributed by atoms with Gasteiger partial charge in [-0.05, 0) is 12.8 Å². The van der Waals surface area contributed by atoms with E-state index in [0.29, 0.717) is 44.9 Å². The molecule has 0 N–H and O–H groups in total. The lowest BCUT2D eigenvalue weighted by Crippen LogP contribution is -2.52. The lowest BCUT2D eigenvalue weighted by molar-refractivity contribution is -0.142. The predicted molar refractivity (Wildman–Crippen MR) is 88.9 cm³/mol. The van der Waals surface area contributed by atoms with Crippen molar-refractivity contribution in [2.75, 3.05) is 26.2 Å². The Morgan fingerprint density at radius 2 is 1.35 bits per heavy atom. The maximum Gasteiger partial charge on any atom is 0.225 e. The molecule has 1 heterocycles. The van der Waals surface area contributed by atoms with E-state index in [-0.39, 0.29) is 11.8 Å². The van der Waals surface area contributed by atoms with Gasteiger partial charge in [-0.1, -0.05) is 38.5 Å². The molecular weight excluding hydrogens is 292 g/mol. The summed E-state index contributed by atoms with van der Waals surface area (Å²) in [6, 6.07) is 0. The zero-order chi connectivity index (χ0) is 16.5. The average Bonchev–Trinajstić information content (AvgIpc) is 2.73. The van der Waals surface area contributed by atoms with Gasteiger partial charge in [0.1, 0.15) is 6.29 Å². The molecule has 0 radical (unpaired) electrons. The van der Waals surface area contributed by atoms with E-state index in [2.05, 4.69) is 0 Å². The topological polar surface area (TPSA) is 57.7 Å². The van der Waals surface area contributed by atoms with Crippen LogP contribution in [0.15, 0.2) is 0 Å². The second-order valence-corrected chi connectivity index (χ2v) is 6.81. The normalized spacial score (nSPS) is 21.2. The highest BCUT2D eigenvalue weighted by Gasteiger charge is 2.28. The van der Waals surface area contributed by atoms with E-state index in [1.807, 2.05) is 4.90 Å². The predicted octanol–water partition coefficient (Wildman–Crippen LogP) is 2.39. The Balaban J connectivity index is 1.79. The molecular formula is C18H30N2O3. The number of carbonyl (C=O) groups excluding carboxylic acids is 3. The molecule has 0 atom stereocenters. The smallest absolute Gasteiger partial charge is 0.225 e. The van der Waals surface area contributed by atoms with E-state index >= 15 is 0 Å². The van der Waals surface area contributed by atoms with E-state index in [4.69, 9.17) is 0 Å². The number of rotatable bonds is 4. The summed E-state index contributed by atoms with van der Waals surface area (Å²) >= 11 is 0. The number of hydrogen-bond acceptors (Lipinski definition) is 3. The Labute approximate surface area is 139 Å². The van der Waals surface area contributed by atoms with Gasteiger partial charge in [-0.2, -0.15) is 0 Å².